The molecule has 0 aliphatic carbocycles. The molecule has 0 aromatic heterocycles. The highest BCUT2D eigenvalue weighted by Crippen LogP contribution is 2.16. The van der Waals surface area contributed by atoms with E-state index < -0.39 is 0 Å². The van der Waals surface area contributed by atoms with E-state index >= 15 is 0 Å². The van der Waals surface area contributed by atoms with Crippen molar-refractivity contribution in [1.29, 1.82) is 0 Å². The van der Waals surface area contributed by atoms with E-state index in [1.165, 1.54) is 0 Å². The maximum absolute atomic E-state index is 12.2. The summed E-state index contributed by atoms with van der Waals surface area (Å²) in [5.41, 5.74) is 1.02. The normalized spacial score (nSPS) is 23.6. The fourth-order valence-corrected chi connectivity index (χ4v) is 2.70. The summed E-state index contributed by atoms with van der Waals surface area (Å²) >= 11 is 0. The third kappa shape index (κ3) is 3.51. The molecule has 1 aromatic carbocycles. The lowest BCUT2D eigenvalue weighted by Crippen LogP contribution is -2.57. The first-order valence-electron chi connectivity index (χ1n) is 7.33. The minimum absolute atomic E-state index is 0.203. The van der Waals surface area contributed by atoms with Crippen molar-refractivity contribution >= 4 is 6.09 Å². The van der Waals surface area contributed by atoms with Crippen LogP contribution in [0.5, 0.6) is 0 Å². The molecule has 1 amide bonds. The highest BCUT2D eigenvalue weighted by Gasteiger charge is 2.31. The molecule has 0 saturated carbocycles. The molecule has 1 aliphatic heterocycles. The Labute approximate surface area is 121 Å². The van der Waals surface area contributed by atoms with E-state index in [9.17, 15) is 4.79 Å². The van der Waals surface area contributed by atoms with Gasteiger partial charge in [0.2, 0.25) is 0 Å². The molecule has 1 heterocycles. The molecule has 110 valence electrons. The predicted molar refractivity (Wildman–Crippen MR) is 79.5 cm³/mol. The molecule has 4 heteroatoms. The van der Waals surface area contributed by atoms with Crippen LogP contribution in [0, 0.1) is 0 Å². The van der Waals surface area contributed by atoms with Crippen molar-refractivity contribution < 1.29 is 9.53 Å². The quantitative estimate of drug-likeness (QED) is 0.851. The van der Waals surface area contributed by atoms with Gasteiger partial charge in [-0.2, -0.15) is 0 Å². The fraction of sp³-hybridized carbons (Fsp3) is 0.562. The summed E-state index contributed by atoms with van der Waals surface area (Å²) in [4.78, 5) is 16.4. The Balaban J connectivity index is 1.89. The Kier molecular flexibility index (Phi) is 5.01. The molecule has 1 aliphatic rings. The number of benzene rings is 1. The number of hydrogen-bond acceptors (Lipinski definition) is 3. The average molecular weight is 276 g/mol. The maximum atomic E-state index is 12.2. The molecule has 0 N–H and O–H groups in total. The molecule has 1 fully saturated rings. The number of piperazine rings is 1. The number of amides is 1. The van der Waals surface area contributed by atoms with Gasteiger partial charge in [0, 0.05) is 25.2 Å². The van der Waals surface area contributed by atoms with Crippen LogP contribution in [0.2, 0.25) is 0 Å². The van der Waals surface area contributed by atoms with Crippen molar-refractivity contribution in [2.45, 2.75) is 39.5 Å². The van der Waals surface area contributed by atoms with E-state index in [4.69, 9.17) is 4.74 Å². The van der Waals surface area contributed by atoms with Gasteiger partial charge < -0.3 is 9.64 Å². The first-order valence-corrected chi connectivity index (χ1v) is 7.33. The van der Waals surface area contributed by atoms with Crippen LogP contribution in [0.4, 0.5) is 4.79 Å². The second-order valence-corrected chi connectivity index (χ2v) is 5.48. The number of nitrogens with zero attached hydrogens (tertiary/aromatic N) is 2. The van der Waals surface area contributed by atoms with Crippen molar-refractivity contribution in [3.05, 3.63) is 35.9 Å². The number of rotatable bonds is 3. The van der Waals surface area contributed by atoms with Gasteiger partial charge in [0.15, 0.2) is 0 Å². The Hall–Kier alpha value is -1.55. The zero-order chi connectivity index (χ0) is 14.5. The number of ether oxygens (including phenoxy) is 1. The Morgan fingerprint density at radius 2 is 1.90 bits per heavy atom. The summed E-state index contributed by atoms with van der Waals surface area (Å²) in [6, 6.07) is 10.4. The molecule has 20 heavy (non-hydrogen) atoms. The van der Waals surface area contributed by atoms with Gasteiger partial charge in [0.25, 0.3) is 0 Å². The molecule has 0 radical (unpaired) electrons. The van der Waals surface area contributed by atoms with Gasteiger partial charge >= 0.3 is 6.09 Å². The predicted octanol–water partition coefficient (Wildman–Crippen LogP) is 2.74. The molecular formula is C16H24N2O2. The third-order valence-electron chi connectivity index (χ3n) is 3.96. The van der Waals surface area contributed by atoms with Crippen molar-refractivity contribution in [3.8, 4) is 0 Å². The molecule has 1 aromatic rings. The Morgan fingerprint density at radius 3 is 2.55 bits per heavy atom. The molecule has 1 unspecified atom stereocenters. The lowest BCUT2D eigenvalue weighted by molar-refractivity contribution is 0.0275. The second-order valence-electron chi connectivity index (χ2n) is 5.48. The van der Waals surface area contributed by atoms with Crippen LogP contribution in [0.1, 0.15) is 26.3 Å². The minimum Gasteiger partial charge on any atom is -0.445 e. The van der Waals surface area contributed by atoms with Crippen LogP contribution in [0.3, 0.4) is 0 Å². The number of hydrogen-bond donors (Lipinski definition) is 0. The standard InChI is InChI=1S/C16H24N2O2/c1-4-17-10-14(3)18(11-13(17)2)16(19)20-12-15-8-6-5-7-9-15/h5-9,13-14H,4,10-12H2,1-3H3/t13?,14-/m0/s1. The van der Waals surface area contributed by atoms with Crippen LogP contribution in [0.15, 0.2) is 30.3 Å². The van der Waals surface area contributed by atoms with Crippen LogP contribution in [-0.2, 0) is 11.3 Å². The van der Waals surface area contributed by atoms with Gasteiger partial charge in [-0.25, -0.2) is 4.79 Å². The Morgan fingerprint density at radius 1 is 1.20 bits per heavy atom. The highest BCUT2D eigenvalue weighted by atomic mass is 16.6. The fourth-order valence-electron chi connectivity index (χ4n) is 2.70. The first kappa shape index (κ1) is 14.9. The number of carbonyl (C=O) groups is 1. The molecule has 0 spiro atoms. The lowest BCUT2D eigenvalue weighted by Gasteiger charge is -2.43. The van der Waals surface area contributed by atoms with Crippen LogP contribution >= 0.6 is 0 Å². The SMILES string of the molecule is CCN1C[C@H](C)N(C(=O)OCc2ccccc2)CC1C. The topological polar surface area (TPSA) is 32.8 Å². The van der Waals surface area contributed by atoms with Crippen molar-refractivity contribution in [2.75, 3.05) is 19.6 Å². The lowest BCUT2D eigenvalue weighted by atomic mass is 10.1. The molecular weight excluding hydrogens is 252 g/mol. The first-order chi connectivity index (χ1) is 9.61. The molecule has 1 saturated heterocycles. The Bertz CT molecular complexity index is 435. The number of likely N-dealkylation sites (N-methyl/N-ethyl adjacent to an activating group) is 1. The van der Waals surface area contributed by atoms with Gasteiger partial charge in [0.1, 0.15) is 6.61 Å². The van der Waals surface area contributed by atoms with Crippen LogP contribution < -0.4 is 0 Å². The smallest absolute Gasteiger partial charge is 0.410 e. The van der Waals surface area contributed by atoms with Crippen molar-refractivity contribution in [1.82, 2.24) is 9.80 Å². The van der Waals surface area contributed by atoms with Gasteiger partial charge in [-0.05, 0) is 26.0 Å². The van der Waals surface area contributed by atoms with Crippen LogP contribution in [0.25, 0.3) is 0 Å². The van der Waals surface area contributed by atoms with E-state index in [1.807, 2.05) is 35.2 Å². The summed E-state index contributed by atoms with van der Waals surface area (Å²) in [5.74, 6) is 0. The summed E-state index contributed by atoms with van der Waals surface area (Å²) in [7, 11) is 0. The van der Waals surface area contributed by atoms with Crippen molar-refractivity contribution in [3.63, 3.8) is 0 Å². The van der Waals surface area contributed by atoms with Crippen molar-refractivity contribution in [2.24, 2.45) is 0 Å². The van der Waals surface area contributed by atoms with E-state index in [1.54, 1.807) is 0 Å². The second kappa shape index (κ2) is 6.75. The van der Waals surface area contributed by atoms with E-state index in [2.05, 4.69) is 25.7 Å². The summed E-state index contributed by atoms with van der Waals surface area (Å²) in [6.45, 7) is 9.42. The summed E-state index contributed by atoms with van der Waals surface area (Å²) in [6.07, 6.45) is -0.205. The van der Waals surface area contributed by atoms with Gasteiger partial charge in [0.05, 0.1) is 0 Å². The molecule has 0 bridgehead atoms. The van der Waals surface area contributed by atoms with E-state index in [0.717, 1.165) is 25.2 Å². The zero-order valence-corrected chi connectivity index (χ0v) is 12.6. The van der Waals surface area contributed by atoms with Gasteiger partial charge in [-0.3, -0.25) is 4.90 Å². The molecule has 4 nitrogen and oxygen atoms in total. The summed E-state index contributed by atoms with van der Waals surface area (Å²) < 4.78 is 5.42. The zero-order valence-electron chi connectivity index (χ0n) is 12.6. The van der Waals surface area contributed by atoms with E-state index in [0.29, 0.717) is 12.6 Å². The molecule has 2 atom stereocenters. The monoisotopic (exact) mass is 276 g/mol. The van der Waals surface area contributed by atoms with Gasteiger partial charge in [-0.1, -0.05) is 37.3 Å². The number of carbonyl (C=O) groups excluding carboxylic acids is 1. The molecule has 2 rings (SSSR count). The highest BCUT2D eigenvalue weighted by molar-refractivity contribution is 5.68. The van der Waals surface area contributed by atoms with Gasteiger partial charge in [-0.15, -0.1) is 0 Å². The average Bonchev–Trinajstić information content (AvgIpc) is 2.47. The van der Waals surface area contributed by atoms with E-state index in [-0.39, 0.29) is 12.1 Å². The third-order valence-corrected chi connectivity index (χ3v) is 3.96. The summed E-state index contributed by atoms with van der Waals surface area (Å²) in [5, 5.41) is 0. The maximum Gasteiger partial charge on any atom is 0.410 e. The minimum atomic E-state index is -0.205. The van der Waals surface area contributed by atoms with Crippen LogP contribution in [-0.4, -0.2) is 47.6 Å². The largest absolute Gasteiger partial charge is 0.445 e.